The van der Waals surface area contributed by atoms with Crippen LogP contribution in [-0.4, -0.2) is 42.9 Å². The summed E-state index contributed by atoms with van der Waals surface area (Å²) in [6.07, 6.45) is 0.661. The van der Waals surface area contributed by atoms with E-state index in [1.807, 2.05) is 30.3 Å². The van der Waals surface area contributed by atoms with Gasteiger partial charge in [-0.05, 0) is 30.7 Å². The van der Waals surface area contributed by atoms with Gasteiger partial charge in [-0.15, -0.1) is 0 Å². The van der Waals surface area contributed by atoms with Gasteiger partial charge in [0, 0.05) is 17.4 Å². The van der Waals surface area contributed by atoms with Gasteiger partial charge in [-0.2, -0.15) is 5.10 Å². The number of benzene rings is 2. The zero-order chi connectivity index (χ0) is 20.4. The van der Waals surface area contributed by atoms with Gasteiger partial charge in [0.1, 0.15) is 11.3 Å². The summed E-state index contributed by atoms with van der Waals surface area (Å²) in [5, 5.41) is 6.45. The summed E-state index contributed by atoms with van der Waals surface area (Å²) in [5.41, 5.74) is 3.01. The normalized spacial score (nSPS) is 13.4. The topological polar surface area (TPSA) is 81.3 Å². The summed E-state index contributed by atoms with van der Waals surface area (Å²) in [4.78, 5) is 24.8. The molecular weight excluding hydrogens is 372 g/mol. The van der Waals surface area contributed by atoms with Crippen LogP contribution in [0.3, 0.4) is 0 Å². The van der Waals surface area contributed by atoms with Crippen LogP contribution in [0.25, 0.3) is 11.0 Å². The maximum absolute atomic E-state index is 12.4. The number of fused-ring (bicyclic) bond motifs is 1. The molecule has 0 unspecified atom stereocenters. The zero-order valence-electron chi connectivity index (χ0n) is 16.2. The van der Waals surface area contributed by atoms with Crippen molar-refractivity contribution in [3.8, 4) is 5.75 Å². The van der Waals surface area contributed by atoms with Crippen molar-refractivity contribution in [2.45, 2.75) is 13.3 Å². The highest BCUT2D eigenvalue weighted by Gasteiger charge is 2.25. The number of aryl methyl sites for hydroxylation is 1. The van der Waals surface area contributed by atoms with E-state index in [-0.39, 0.29) is 11.7 Å². The van der Waals surface area contributed by atoms with Gasteiger partial charge in [-0.1, -0.05) is 30.3 Å². The minimum atomic E-state index is -0.683. The molecule has 2 heterocycles. The highest BCUT2D eigenvalue weighted by Crippen LogP contribution is 2.29. The molecule has 29 heavy (non-hydrogen) atoms. The van der Waals surface area contributed by atoms with Crippen molar-refractivity contribution in [3.63, 3.8) is 0 Å². The van der Waals surface area contributed by atoms with Gasteiger partial charge in [0.2, 0.25) is 5.76 Å². The van der Waals surface area contributed by atoms with Crippen LogP contribution in [0.2, 0.25) is 0 Å². The molecule has 1 amide bonds. The molecule has 0 aliphatic carbocycles. The molecule has 0 spiro atoms. The third-order valence-corrected chi connectivity index (χ3v) is 4.85. The fraction of sp³-hybridized carbons (Fsp3) is 0.227. The molecule has 1 aliphatic rings. The van der Waals surface area contributed by atoms with Crippen molar-refractivity contribution in [2.24, 2.45) is 5.10 Å². The van der Waals surface area contributed by atoms with E-state index in [4.69, 9.17) is 13.9 Å². The molecule has 7 nitrogen and oxygen atoms in total. The Morgan fingerprint density at radius 2 is 1.97 bits per heavy atom. The van der Waals surface area contributed by atoms with Crippen LogP contribution in [0.5, 0.6) is 5.75 Å². The third-order valence-electron chi connectivity index (χ3n) is 4.85. The molecule has 0 atom stereocenters. The number of nitrogens with zero attached hydrogens (tertiary/aromatic N) is 2. The summed E-state index contributed by atoms with van der Waals surface area (Å²) < 4.78 is 16.0. The Balaban J connectivity index is 1.42. The molecule has 2 aromatic carbocycles. The van der Waals surface area contributed by atoms with Crippen LogP contribution in [0.4, 0.5) is 0 Å². The quantitative estimate of drug-likeness (QED) is 0.621. The molecule has 1 aromatic heterocycles. The number of hydrogen-bond donors (Lipinski definition) is 0. The van der Waals surface area contributed by atoms with Crippen molar-refractivity contribution < 1.29 is 23.5 Å². The number of ether oxygens (including phenoxy) is 2. The molecule has 0 fully saturated rings. The average molecular weight is 392 g/mol. The largest absolute Gasteiger partial charge is 0.497 e. The minimum Gasteiger partial charge on any atom is -0.497 e. The van der Waals surface area contributed by atoms with Gasteiger partial charge >= 0.3 is 5.97 Å². The van der Waals surface area contributed by atoms with Gasteiger partial charge in [0.15, 0.2) is 6.61 Å². The fourth-order valence-corrected chi connectivity index (χ4v) is 3.26. The maximum atomic E-state index is 12.4. The number of carbonyl (C=O) groups excluding carboxylic acids is 2. The number of amides is 1. The van der Waals surface area contributed by atoms with Crippen LogP contribution >= 0.6 is 0 Å². The Bertz CT molecular complexity index is 1100. The predicted molar refractivity (Wildman–Crippen MR) is 107 cm³/mol. The van der Waals surface area contributed by atoms with Crippen molar-refractivity contribution in [2.75, 3.05) is 20.3 Å². The van der Waals surface area contributed by atoms with Crippen LogP contribution in [0.1, 0.15) is 28.1 Å². The predicted octanol–water partition coefficient (Wildman–Crippen LogP) is 3.54. The second kappa shape index (κ2) is 7.79. The molecule has 148 valence electrons. The monoisotopic (exact) mass is 392 g/mol. The van der Waals surface area contributed by atoms with Crippen LogP contribution < -0.4 is 4.74 Å². The Hall–Kier alpha value is -3.61. The first-order valence-corrected chi connectivity index (χ1v) is 9.24. The highest BCUT2D eigenvalue weighted by atomic mass is 16.5. The SMILES string of the molecule is COc1ccc2oc(C(=O)OCC(=O)N3CCC(c4ccccc4)=N3)c(C)c2c1. The third kappa shape index (κ3) is 3.71. The molecule has 4 rings (SSSR count). The second-order valence-electron chi connectivity index (χ2n) is 6.67. The highest BCUT2D eigenvalue weighted by molar-refractivity contribution is 6.03. The standard InChI is InChI=1S/C22H20N2O5/c1-14-17-12-16(27-2)8-9-19(17)29-21(14)22(26)28-13-20(25)24-11-10-18(23-24)15-6-4-3-5-7-15/h3-9,12H,10-11,13H2,1-2H3. The van der Waals surface area contributed by atoms with E-state index in [0.717, 1.165) is 16.7 Å². The lowest BCUT2D eigenvalue weighted by atomic mass is 10.1. The van der Waals surface area contributed by atoms with E-state index >= 15 is 0 Å². The Morgan fingerprint density at radius 1 is 1.17 bits per heavy atom. The van der Waals surface area contributed by atoms with Gasteiger partial charge in [-0.25, -0.2) is 9.80 Å². The smallest absolute Gasteiger partial charge is 0.375 e. The Labute approximate surface area is 167 Å². The van der Waals surface area contributed by atoms with Crippen LogP contribution in [0, 0.1) is 6.92 Å². The number of carbonyl (C=O) groups is 2. The van der Waals surface area contributed by atoms with Gasteiger partial charge < -0.3 is 13.9 Å². The molecule has 1 aliphatic heterocycles. The number of methoxy groups -OCH3 is 1. The van der Waals surface area contributed by atoms with E-state index < -0.39 is 12.6 Å². The summed E-state index contributed by atoms with van der Waals surface area (Å²) in [6.45, 7) is 1.83. The van der Waals surface area contributed by atoms with Crippen molar-refractivity contribution in [3.05, 3.63) is 65.4 Å². The van der Waals surface area contributed by atoms with Crippen molar-refractivity contribution >= 4 is 28.6 Å². The number of hydrogen-bond acceptors (Lipinski definition) is 6. The first-order chi connectivity index (χ1) is 14.1. The molecular formula is C22H20N2O5. The van der Waals surface area contributed by atoms with E-state index in [9.17, 15) is 9.59 Å². The minimum absolute atomic E-state index is 0.0796. The second-order valence-corrected chi connectivity index (χ2v) is 6.67. The number of rotatable bonds is 5. The molecule has 0 saturated heterocycles. The molecule has 3 aromatic rings. The van der Waals surface area contributed by atoms with E-state index in [0.29, 0.717) is 29.9 Å². The van der Waals surface area contributed by atoms with E-state index in [2.05, 4.69) is 5.10 Å². The maximum Gasteiger partial charge on any atom is 0.375 e. The lowest BCUT2D eigenvalue weighted by Crippen LogP contribution is -2.28. The first-order valence-electron chi connectivity index (χ1n) is 9.24. The van der Waals surface area contributed by atoms with Gasteiger partial charge in [0.25, 0.3) is 5.91 Å². The summed E-state index contributed by atoms with van der Waals surface area (Å²) in [5.74, 6) is -0.314. The fourth-order valence-electron chi connectivity index (χ4n) is 3.26. The summed E-state index contributed by atoms with van der Waals surface area (Å²) in [6, 6.07) is 15.0. The van der Waals surface area contributed by atoms with Gasteiger partial charge in [0.05, 0.1) is 19.4 Å². The molecule has 0 N–H and O–H groups in total. The lowest BCUT2D eigenvalue weighted by molar-refractivity contribution is -0.134. The zero-order valence-corrected chi connectivity index (χ0v) is 16.2. The van der Waals surface area contributed by atoms with Crippen LogP contribution in [-0.2, 0) is 9.53 Å². The summed E-state index contributed by atoms with van der Waals surface area (Å²) >= 11 is 0. The van der Waals surface area contributed by atoms with Gasteiger partial charge in [-0.3, -0.25) is 4.79 Å². The number of furan rings is 1. The van der Waals surface area contributed by atoms with Crippen molar-refractivity contribution in [1.82, 2.24) is 5.01 Å². The van der Waals surface area contributed by atoms with Crippen LogP contribution in [0.15, 0.2) is 58.0 Å². The van der Waals surface area contributed by atoms with Crippen molar-refractivity contribution in [1.29, 1.82) is 0 Å². The van der Waals surface area contributed by atoms with E-state index in [1.165, 1.54) is 5.01 Å². The average Bonchev–Trinajstić information content (AvgIpc) is 3.38. The Kier molecular flexibility index (Phi) is 5.03. The molecule has 0 bridgehead atoms. The molecule has 0 radical (unpaired) electrons. The first kappa shape index (κ1) is 18.7. The Morgan fingerprint density at radius 3 is 2.72 bits per heavy atom. The number of esters is 1. The van der Waals surface area contributed by atoms with E-state index in [1.54, 1.807) is 32.2 Å². The molecule has 7 heteroatoms. The molecule has 0 saturated carbocycles. The summed E-state index contributed by atoms with van der Waals surface area (Å²) in [7, 11) is 1.57. The lowest BCUT2D eigenvalue weighted by Gasteiger charge is -2.11. The number of hydrazone groups is 1.